The average Bonchev–Trinajstić information content (AvgIpc) is 3.13. The number of aromatic nitrogens is 1. The first-order valence-corrected chi connectivity index (χ1v) is 13.3. The third-order valence-electron chi connectivity index (χ3n) is 7.78. The van der Waals surface area contributed by atoms with Crippen molar-refractivity contribution in [3.05, 3.63) is 35.0 Å². The Balaban J connectivity index is 2.20. The number of fused-ring (bicyclic) bond motifs is 1. The minimum absolute atomic E-state index is 0.0721. The molecule has 9 nitrogen and oxygen atoms in total. The molecule has 1 aromatic heterocycles. The molecule has 1 aliphatic carbocycles. The van der Waals surface area contributed by atoms with Gasteiger partial charge in [0, 0.05) is 23.5 Å². The van der Waals surface area contributed by atoms with E-state index >= 15 is 0 Å². The Kier molecular flexibility index (Phi) is 8.57. The van der Waals surface area contributed by atoms with Gasteiger partial charge in [-0.05, 0) is 63.5 Å². The van der Waals surface area contributed by atoms with Crippen LogP contribution in [0.1, 0.15) is 87.8 Å². The molecule has 2 aromatic rings. The second-order valence-electron chi connectivity index (χ2n) is 11.7. The standard InChI is InChI=1S/C29H40N4O5/c1-17(2)14-19(16-30)32-25(34)21-8-6-7-12-29(21,27(31)37)23-20-10-9-18(11-13-28(3,4)38)15-22(20)33(5)24(23)26(35)36/h9-10,15,17,19,21,38H,6-8,11-14H2,1-5H3,(H2,31,37)(H,32,34)(H,35,36)/t19-,21-,29-/m0/s1. The molecule has 0 radical (unpaired) electrons. The number of nitrogens with zero attached hydrogens (tertiary/aromatic N) is 2. The van der Waals surface area contributed by atoms with E-state index in [4.69, 9.17) is 5.73 Å². The quantitative estimate of drug-likeness (QED) is 0.372. The number of aliphatic hydroxyl groups is 1. The lowest BCUT2D eigenvalue weighted by molar-refractivity contribution is -0.137. The van der Waals surface area contributed by atoms with Crippen molar-refractivity contribution in [3.63, 3.8) is 0 Å². The third-order valence-corrected chi connectivity index (χ3v) is 7.78. The Bertz CT molecular complexity index is 1270. The van der Waals surface area contributed by atoms with Crippen LogP contribution in [0.2, 0.25) is 0 Å². The van der Waals surface area contributed by atoms with Gasteiger partial charge in [-0.3, -0.25) is 9.59 Å². The van der Waals surface area contributed by atoms with Gasteiger partial charge in [0.1, 0.15) is 11.7 Å². The van der Waals surface area contributed by atoms with E-state index in [1.54, 1.807) is 31.5 Å². The summed E-state index contributed by atoms with van der Waals surface area (Å²) in [5.74, 6) is -3.14. The average molecular weight is 525 g/mol. The number of hydrogen-bond acceptors (Lipinski definition) is 5. The van der Waals surface area contributed by atoms with Crippen molar-refractivity contribution in [1.29, 1.82) is 5.26 Å². The third kappa shape index (κ3) is 5.70. The number of carboxylic acid groups (broad SMARTS) is 1. The number of primary amides is 1. The van der Waals surface area contributed by atoms with E-state index in [9.17, 15) is 29.9 Å². The molecule has 206 valence electrons. The lowest BCUT2D eigenvalue weighted by atomic mass is 9.60. The fourth-order valence-electron chi connectivity index (χ4n) is 5.92. The summed E-state index contributed by atoms with van der Waals surface area (Å²) in [5.41, 5.74) is 5.42. The molecule has 0 spiro atoms. The fraction of sp³-hybridized carbons (Fsp3) is 0.586. The van der Waals surface area contributed by atoms with Crippen LogP contribution in [0.5, 0.6) is 0 Å². The van der Waals surface area contributed by atoms with Crippen molar-refractivity contribution in [2.24, 2.45) is 24.6 Å². The van der Waals surface area contributed by atoms with Crippen LogP contribution in [0, 0.1) is 23.2 Å². The van der Waals surface area contributed by atoms with Gasteiger partial charge in [-0.25, -0.2) is 4.79 Å². The summed E-state index contributed by atoms with van der Waals surface area (Å²) in [5, 5.41) is 33.4. The molecule has 0 aliphatic heterocycles. The molecule has 0 saturated heterocycles. The first kappa shape index (κ1) is 29.2. The largest absolute Gasteiger partial charge is 0.477 e. The molecule has 1 aliphatic rings. The Morgan fingerprint density at radius 1 is 1.29 bits per heavy atom. The molecule has 0 bridgehead atoms. The number of rotatable bonds is 10. The van der Waals surface area contributed by atoms with Gasteiger partial charge in [-0.15, -0.1) is 0 Å². The van der Waals surface area contributed by atoms with Gasteiger partial charge < -0.3 is 25.8 Å². The van der Waals surface area contributed by atoms with E-state index in [0.717, 1.165) is 5.56 Å². The lowest BCUT2D eigenvalue weighted by Gasteiger charge is -2.41. The number of aromatic carboxylic acids is 1. The highest BCUT2D eigenvalue weighted by Gasteiger charge is 2.54. The topological polar surface area (TPSA) is 158 Å². The summed E-state index contributed by atoms with van der Waals surface area (Å²) in [6, 6.07) is 6.94. The van der Waals surface area contributed by atoms with Gasteiger partial charge in [0.05, 0.1) is 23.0 Å². The molecule has 2 amide bonds. The molecule has 5 N–H and O–H groups in total. The molecule has 3 atom stereocenters. The van der Waals surface area contributed by atoms with Crippen molar-refractivity contribution in [2.75, 3.05) is 0 Å². The summed E-state index contributed by atoms with van der Waals surface area (Å²) < 4.78 is 1.55. The number of benzene rings is 1. The van der Waals surface area contributed by atoms with Crippen LogP contribution in [0.15, 0.2) is 18.2 Å². The van der Waals surface area contributed by atoms with E-state index < -0.39 is 40.8 Å². The zero-order chi connectivity index (χ0) is 28.4. The molecule has 1 heterocycles. The number of amides is 2. The summed E-state index contributed by atoms with van der Waals surface area (Å²) in [6.07, 6.45) is 3.45. The number of carbonyl (C=O) groups is 3. The molecule has 38 heavy (non-hydrogen) atoms. The van der Waals surface area contributed by atoms with Gasteiger partial charge in [-0.1, -0.05) is 38.8 Å². The highest BCUT2D eigenvalue weighted by atomic mass is 16.4. The van der Waals surface area contributed by atoms with Crippen molar-refractivity contribution in [2.45, 2.75) is 89.7 Å². The molecule has 3 rings (SSSR count). The Morgan fingerprint density at radius 3 is 2.53 bits per heavy atom. The summed E-state index contributed by atoms with van der Waals surface area (Å²) in [4.78, 5) is 39.7. The number of nitriles is 1. The molecule has 1 fully saturated rings. The molecule has 9 heteroatoms. The second-order valence-corrected chi connectivity index (χ2v) is 11.7. The lowest BCUT2D eigenvalue weighted by Crippen LogP contribution is -2.56. The maximum Gasteiger partial charge on any atom is 0.352 e. The normalized spacial score (nSPS) is 20.7. The first-order chi connectivity index (χ1) is 17.7. The maximum absolute atomic E-state index is 13.7. The zero-order valence-corrected chi connectivity index (χ0v) is 23.0. The Hall–Kier alpha value is -3.38. The minimum Gasteiger partial charge on any atom is -0.477 e. The zero-order valence-electron chi connectivity index (χ0n) is 23.0. The van der Waals surface area contributed by atoms with Gasteiger partial charge >= 0.3 is 5.97 Å². The summed E-state index contributed by atoms with van der Waals surface area (Å²) in [7, 11) is 1.63. The molecular formula is C29H40N4O5. The van der Waals surface area contributed by atoms with Gasteiger partial charge in [0.15, 0.2) is 0 Å². The smallest absolute Gasteiger partial charge is 0.352 e. The summed E-state index contributed by atoms with van der Waals surface area (Å²) >= 11 is 0. The molecule has 0 unspecified atom stereocenters. The van der Waals surface area contributed by atoms with Crippen LogP contribution in [0.25, 0.3) is 10.9 Å². The van der Waals surface area contributed by atoms with Crippen molar-refractivity contribution < 1.29 is 24.6 Å². The van der Waals surface area contributed by atoms with Crippen molar-refractivity contribution >= 4 is 28.7 Å². The van der Waals surface area contributed by atoms with Gasteiger partial charge in [-0.2, -0.15) is 5.26 Å². The number of aryl methyl sites for hydroxylation is 2. The van der Waals surface area contributed by atoms with Crippen LogP contribution in [0.3, 0.4) is 0 Å². The van der Waals surface area contributed by atoms with E-state index in [1.165, 1.54) is 0 Å². The van der Waals surface area contributed by atoms with E-state index in [1.807, 2.05) is 26.0 Å². The van der Waals surface area contributed by atoms with E-state index in [2.05, 4.69) is 11.4 Å². The minimum atomic E-state index is -1.54. The summed E-state index contributed by atoms with van der Waals surface area (Å²) in [6.45, 7) is 7.38. The predicted molar refractivity (Wildman–Crippen MR) is 144 cm³/mol. The van der Waals surface area contributed by atoms with Crippen molar-refractivity contribution in [3.8, 4) is 6.07 Å². The maximum atomic E-state index is 13.7. The molecule has 1 saturated carbocycles. The number of hydrogen-bond donors (Lipinski definition) is 4. The van der Waals surface area contributed by atoms with E-state index in [0.29, 0.717) is 49.4 Å². The van der Waals surface area contributed by atoms with Crippen molar-refractivity contribution in [1.82, 2.24) is 9.88 Å². The number of nitrogens with one attached hydrogen (secondary N) is 1. The number of carboxylic acids is 1. The number of carbonyl (C=O) groups excluding carboxylic acids is 2. The van der Waals surface area contributed by atoms with Crippen LogP contribution in [-0.4, -0.2) is 44.2 Å². The number of nitrogens with two attached hydrogens (primary N) is 1. The highest BCUT2D eigenvalue weighted by molar-refractivity contribution is 6.06. The predicted octanol–water partition coefficient (Wildman–Crippen LogP) is 3.55. The Labute approximate surface area is 224 Å². The monoisotopic (exact) mass is 524 g/mol. The van der Waals surface area contributed by atoms with E-state index in [-0.39, 0.29) is 23.6 Å². The molecular weight excluding hydrogens is 484 g/mol. The highest BCUT2D eigenvalue weighted by Crippen LogP contribution is 2.48. The van der Waals surface area contributed by atoms with Gasteiger partial charge in [0.2, 0.25) is 11.8 Å². The first-order valence-electron chi connectivity index (χ1n) is 13.3. The van der Waals surface area contributed by atoms with Crippen LogP contribution in [0.4, 0.5) is 0 Å². The Morgan fingerprint density at radius 2 is 1.97 bits per heavy atom. The molecule has 1 aromatic carbocycles. The SMILES string of the molecule is CC(C)C[C@@H](C#N)NC(=O)[C@@H]1CCCC[C@@]1(C(N)=O)c1c(C(=O)O)n(C)c2cc(CCC(C)(C)O)ccc12. The van der Waals surface area contributed by atoms with Crippen LogP contribution >= 0.6 is 0 Å². The van der Waals surface area contributed by atoms with Crippen LogP contribution < -0.4 is 11.1 Å². The van der Waals surface area contributed by atoms with Crippen LogP contribution in [-0.2, 0) is 28.5 Å². The fourth-order valence-corrected chi connectivity index (χ4v) is 5.92. The van der Waals surface area contributed by atoms with Gasteiger partial charge in [0.25, 0.3) is 0 Å². The second kappa shape index (κ2) is 11.2.